The first-order valence-corrected chi connectivity index (χ1v) is 7.78. The molecule has 0 radical (unpaired) electrons. The fourth-order valence-corrected chi connectivity index (χ4v) is 2.49. The normalized spacial score (nSPS) is 10.7. The molecule has 0 unspecified atom stereocenters. The van der Waals surface area contributed by atoms with Crippen LogP contribution in [0.1, 0.15) is 24.5 Å². The van der Waals surface area contributed by atoms with E-state index in [1.165, 1.54) is 5.56 Å². The highest BCUT2D eigenvalue weighted by atomic mass is 35.5. The molecule has 0 aliphatic heterocycles. The van der Waals surface area contributed by atoms with Crippen LogP contribution in [0.5, 0.6) is 11.5 Å². The second kappa shape index (κ2) is 7.69. The van der Waals surface area contributed by atoms with Gasteiger partial charge in [-0.25, -0.2) is 0 Å². The predicted molar refractivity (Wildman–Crippen MR) is 89.7 cm³/mol. The van der Waals surface area contributed by atoms with Crippen molar-refractivity contribution >= 4 is 23.2 Å². The Kier molecular flexibility index (Phi) is 5.92. The van der Waals surface area contributed by atoms with Crippen molar-refractivity contribution in [3.63, 3.8) is 0 Å². The zero-order valence-corrected chi connectivity index (χ0v) is 13.8. The Morgan fingerprint density at radius 3 is 2.43 bits per heavy atom. The second-order valence-electron chi connectivity index (χ2n) is 4.98. The predicted octanol–water partition coefficient (Wildman–Crippen LogP) is 5.59. The quantitative estimate of drug-likeness (QED) is 0.699. The van der Waals surface area contributed by atoms with Gasteiger partial charge in [0.2, 0.25) is 0 Å². The summed E-state index contributed by atoms with van der Waals surface area (Å²) in [5.74, 6) is 1.47. The molecular formula is C17H19Cl2NO. The highest BCUT2D eigenvalue weighted by Gasteiger charge is 2.05. The van der Waals surface area contributed by atoms with Crippen LogP contribution < -0.4 is 10.1 Å². The SMILES string of the molecule is CCCNCc1ccc(C)c(Oc2cc(Cl)cc(Cl)c2)c1. The van der Waals surface area contributed by atoms with E-state index in [-0.39, 0.29) is 0 Å². The number of ether oxygens (including phenoxy) is 1. The Morgan fingerprint density at radius 1 is 1.05 bits per heavy atom. The third kappa shape index (κ3) is 4.92. The van der Waals surface area contributed by atoms with Crippen LogP contribution in [-0.4, -0.2) is 6.54 Å². The molecule has 0 heterocycles. The molecule has 0 amide bonds. The summed E-state index contributed by atoms with van der Waals surface area (Å²) >= 11 is 12.0. The van der Waals surface area contributed by atoms with Crippen LogP contribution in [0.4, 0.5) is 0 Å². The zero-order valence-electron chi connectivity index (χ0n) is 12.2. The molecule has 0 fully saturated rings. The molecule has 2 aromatic rings. The summed E-state index contributed by atoms with van der Waals surface area (Å²) in [5, 5.41) is 4.51. The molecule has 0 saturated heterocycles. The van der Waals surface area contributed by atoms with Crippen LogP contribution in [0.3, 0.4) is 0 Å². The Bertz CT molecular complexity index is 593. The lowest BCUT2D eigenvalue weighted by Gasteiger charge is -2.12. The van der Waals surface area contributed by atoms with E-state index in [2.05, 4.69) is 24.4 Å². The molecule has 0 aliphatic rings. The van der Waals surface area contributed by atoms with Crippen molar-refractivity contribution in [1.82, 2.24) is 5.32 Å². The summed E-state index contributed by atoms with van der Waals surface area (Å²) in [6.07, 6.45) is 1.12. The molecule has 112 valence electrons. The van der Waals surface area contributed by atoms with Crippen LogP contribution >= 0.6 is 23.2 Å². The number of nitrogens with one attached hydrogen (secondary N) is 1. The van der Waals surface area contributed by atoms with E-state index in [4.69, 9.17) is 27.9 Å². The van der Waals surface area contributed by atoms with Crippen molar-refractivity contribution in [3.05, 3.63) is 57.6 Å². The maximum atomic E-state index is 6.00. The summed E-state index contributed by atoms with van der Waals surface area (Å²) < 4.78 is 5.92. The molecule has 1 N–H and O–H groups in total. The van der Waals surface area contributed by atoms with Gasteiger partial charge in [-0.05, 0) is 55.3 Å². The summed E-state index contributed by atoms with van der Waals surface area (Å²) in [5.41, 5.74) is 2.27. The monoisotopic (exact) mass is 323 g/mol. The molecule has 21 heavy (non-hydrogen) atoms. The van der Waals surface area contributed by atoms with Crippen LogP contribution in [-0.2, 0) is 6.54 Å². The highest BCUT2D eigenvalue weighted by Crippen LogP contribution is 2.30. The van der Waals surface area contributed by atoms with E-state index in [0.717, 1.165) is 30.8 Å². The standard InChI is InChI=1S/C17H19Cl2NO/c1-3-6-20-11-13-5-4-12(2)17(7-13)21-16-9-14(18)8-15(19)10-16/h4-5,7-10,20H,3,6,11H2,1-2H3. The lowest BCUT2D eigenvalue weighted by Crippen LogP contribution is -2.13. The van der Waals surface area contributed by atoms with Crippen molar-refractivity contribution < 1.29 is 4.74 Å². The maximum absolute atomic E-state index is 6.00. The molecule has 2 rings (SSSR count). The fourth-order valence-electron chi connectivity index (χ4n) is 1.99. The van der Waals surface area contributed by atoms with Crippen molar-refractivity contribution in [2.24, 2.45) is 0 Å². The largest absolute Gasteiger partial charge is 0.457 e. The Hall–Kier alpha value is -1.22. The van der Waals surface area contributed by atoms with Gasteiger partial charge in [-0.2, -0.15) is 0 Å². The lowest BCUT2D eigenvalue weighted by molar-refractivity contribution is 0.478. The molecule has 0 atom stereocenters. The number of aryl methyl sites for hydroxylation is 1. The second-order valence-corrected chi connectivity index (χ2v) is 5.86. The van der Waals surface area contributed by atoms with Gasteiger partial charge in [-0.1, -0.05) is 42.3 Å². The lowest BCUT2D eigenvalue weighted by atomic mass is 10.1. The van der Waals surface area contributed by atoms with Crippen molar-refractivity contribution in [2.75, 3.05) is 6.54 Å². The van der Waals surface area contributed by atoms with Gasteiger partial charge in [0.05, 0.1) is 0 Å². The van der Waals surface area contributed by atoms with Crippen LogP contribution in [0.15, 0.2) is 36.4 Å². The molecule has 2 nitrogen and oxygen atoms in total. The van der Waals surface area contributed by atoms with E-state index in [0.29, 0.717) is 15.8 Å². The van der Waals surface area contributed by atoms with Gasteiger partial charge in [-0.3, -0.25) is 0 Å². The Labute approximate surface area is 136 Å². The van der Waals surface area contributed by atoms with Gasteiger partial charge in [0, 0.05) is 16.6 Å². The smallest absolute Gasteiger partial charge is 0.130 e. The molecule has 0 spiro atoms. The van der Waals surface area contributed by atoms with Crippen LogP contribution in [0.25, 0.3) is 0 Å². The van der Waals surface area contributed by atoms with Gasteiger partial charge in [0.25, 0.3) is 0 Å². The highest BCUT2D eigenvalue weighted by molar-refractivity contribution is 6.34. The molecule has 4 heteroatoms. The van der Waals surface area contributed by atoms with E-state index < -0.39 is 0 Å². The Morgan fingerprint density at radius 2 is 1.76 bits per heavy atom. The molecule has 0 bridgehead atoms. The minimum Gasteiger partial charge on any atom is -0.457 e. The van der Waals surface area contributed by atoms with Gasteiger partial charge in [-0.15, -0.1) is 0 Å². The first-order chi connectivity index (χ1) is 10.1. The average Bonchev–Trinajstić information content (AvgIpc) is 2.41. The molecular weight excluding hydrogens is 305 g/mol. The Balaban J connectivity index is 2.16. The van der Waals surface area contributed by atoms with E-state index >= 15 is 0 Å². The number of benzene rings is 2. The van der Waals surface area contributed by atoms with Crippen molar-refractivity contribution in [2.45, 2.75) is 26.8 Å². The van der Waals surface area contributed by atoms with E-state index in [9.17, 15) is 0 Å². The van der Waals surface area contributed by atoms with Gasteiger partial charge in [0.15, 0.2) is 0 Å². The van der Waals surface area contributed by atoms with Crippen LogP contribution in [0, 0.1) is 6.92 Å². The number of hydrogen-bond acceptors (Lipinski definition) is 2. The van der Waals surface area contributed by atoms with Gasteiger partial charge in [0.1, 0.15) is 11.5 Å². The first-order valence-electron chi connectivity index (χ1n) is 7.02. The van der Waals surface area contributed by atoms with E-state index in [1.54, 1.807) is 18.2 Å². The third-order valence-corrected chi connectivity index (χ3v) is 3.51. The van der Waals surface area contributed by atoms with Crippen LogP contribution in [0.2, 0.25) is 10.0 Å². The fraction of sp³-hybridized carbons (Fsp3) is 0.294. The maximum Gasteiger partial charge on any atom is 0.130 e. The summed E-state index contributed by atoms with van der Waals surface area (Å²) in [4.78, 5) is 0. The zero-order chi connectivity index (χ0) is 15.2. The summed E-state index contributed by atoms with van der Waals surface area (Å²) in [6, 6.07) is 11.4. The minimum atomic E-state index is 0.566. The summed E-state index contributed by atoms with van der Waals surface area (Å²) in [6.45, 7) is 6.01. The third-order valence-electron chi connectivity index (χ3n) is 3.07. The van der Waals surface area contributed by atoms with Gasteiger partial charge >= 0.3 is 0 Å². The van der Waals surface area contributed by atoms with Crippen molar-refractivity contribution in [3.8, 4) is 11.5 Å². The van der Waals surface area contributed by atoms with E-state index in [1.807, 2.05) is 13.0 Å². The van der Waals surface area contributed by atoms with Gasteiger partial charge < -0.3 is 10.1 Å². The molecule has 0 aliphatic carbocycles. The summed E-state index contributed by atoms with van der Waals surface area (Å²) in [7, 11) is 0. The van der Waals surface area contributed by atoms with Crippen molar-refractivity contribution in [1.29, 1.82) is 0 Å². The average molecular weight is 324 g/mol. The molecule has 0 saturated carbocycles. The minimum absolute atomic E-state index is 0.566. The molecule has 2 aromatic carbocycles. The first kappa shape index (κ1) is 16.2. The molecule has 0 aromatic heterocycles. The number of hydrogen-bond donors (Lipinski definition) is 1. The topological polar surface area (TPSA) is 21.3 Å². The number of rotatable bonds is 6. The number of halogens is 2.